The first-order valence-corrected chi connectivity index (χ1v) is 9.41. The van der Waals surface area contributed by atoms with E-state index in [1.54, 1.807) is 19.4 Å². The van der Waals surface area contributed by atoms with Crippen molar-refractivity contribution in [2.24, 2.45) is 4.99 Å². The molecule has 2 N–H and O–H groups in total. The van der Waals surface area contributed by atoms with E-state index in [1.807, 2.05) is 49.2 Å². The molecule has 0 unspecified atom stereocenters. The summed E-state index contributed by atoms with van der Waals surface area (Å²) in [5.41, 5.74) is 0. The van der Waals surface area contributed by atoms with Crippen LogP contribution in [-0.2, 0) is 6.54 Å². The minimum atomic E-state index is 0.375. The third-order valence-corrected chi connectivity index (χ3v) is 4.10. The van der Waals surface area contributed by atoms with Crippen molar-refractivity contribution in [2.45, 2.75) is 13.5 Å². The zero-order chi connectivity index (χ0) is 20.5. The molecule has 154 valence electrons. The standard InChI is InChI=1S/C20H26N6O3/c1-4-21-20(22-14-18-23-19(25-24-18)17-6-5-12-29-17)26(2)11-13-28-16-9-7-15(27-3)8-10-16/h5-10,12H,4,11,13-14H2,1-3H3,(H,21,22)(H,23,24,25). The molecule has 0 saturated carbocycles. The predicted molar refractivity (Wildman–Crippen MR) is 110 cm³/mol. The molecule has 0 bridgehead atoms. The van der Waals surface area contributed by atoms with Gasteiger partial charge in [0.1, 0.15) is 30.5 Å². The van der Waals surface area contributed by atoms with Crippen molar-refractivity contribution < 1.29 is 13.9 Å². The molecule has 0 saturated heterocycles. The number of furan rings is 1. The Bertz CT molecular complexity index is 889. The summed E-state index contributed by atoms with van der Waals surface area (Å²) in [4.78, 5) is 11.0. The molecule has 0 spiro atoms. The zero-order valence-electron chi connectivity index (χ0n) is 16.9. The third kappa shape index (κ3) is 5.74. The van der Waals surface area contributed by atoms with Gasteiger partial charge in [-0.05, 0) is 43.3 Å². The van der Waals surface area contributed by atoms with Crippen molar-refractivity contribution in [1.29, 1.82) is 0 Å². The number of ether oxygens (including phenoxy) is 2. The van der Waals surface area contributed by atoms with E-state index in [2.05, 4.69) is 25.5 Å². The smallest absolute Gasteiger partial charge is 0.216 e. The Labute approximate surface area is 169 Å². The molecule has 9 heteroatoms. The van der Waals surface area contributed by atoms with E-state index in [-0.39, 0.29) is 0 Å². The summed E-state index contributed by atoms with van der Waals surface area (Å²) in [7, 11) is 3.61. The lowest BCUT2D eigenvalue weighted by atomic mass is 10.3. The highest BCUT2D eigenvalue weighted by molar-refractivity contribution is 5.79. The van der Waals surface area contributed by atoms with Gasteiger partial charge in [-0.2, -0.15) is 0 Å². The van der Waals surface area contributed by atoms with Gasteiger partial charge in [-0.3, -0.25) is 5.10 Å². The van der Waals surface area contributed by atoms with Gasteiger partial charge in [-0.15, -0.1) is 5.10 Å². The van der Waals surface area contributed by atoms with Gasteiger partial charge in [-0.25, -0.2) is 9.98 Å². The van der Waals surface area contributed by atoms with Crippen LogP contribution >= 0.6 is 0 Å². The number of rotatable bonds is 9. The van der Waals surface area contributed by atoms with Crippen molar-refractivity contribution in [3.8, 4) is 23.1 Å². The SMILES string of the molecule is CCNC(=NCc1nc(-c2ccco2)n[nH]1)N(C)CCOc1ccc(OC)cc1. The summed E-state index contributed by atoms with van der Waals surface area (Å²) in [6.45, 7) is 4.36. The molecule has 0 aliphatic carbocycles. The number of benzene rings is 1. The molecule has 0 amide bonds. The van der Waals surface area contributed by atoms with Gasteiger partial charge in [-0.1, -0.05) is 0 Å². The minimum absolute atomic E-state index is 0.375. The van der Waals surface area contributed by atoms with Crippen molar-refractivity contribution in [1.82, 2.24) is 25.4 Å². The molecule has 0 radical (unpaired) electrons. The molecule has 3 rings (SSSR count). The van der Waals surface area contributed by atoms with Crippen molar-refractivity contribution in [3.05, 3.63) is 48.5 Å². The molecule has 29 heavy (non-hydrogen) atoms. The first-order chi connectivity index (χ1) is 14.2. The third-order valence-electron chi connectivity index (χ3n) is 4.10. The van der Waals surface area contributed by atoms with Gasteiger partial charge >= 0.3 is 0 Å². The number of aliphatic imine (C=N–C) groups is 1. The fourth-order valence-corrected chi connectivity index (χ4v) is 2.58. The first kappa shape index (κ1) is 20.2. The first-order valence-electron chi connectivity index (χ1n) is 9.41. The van der Waals surface area contributed by atoms with Crippen LogP contribution in [0.15, 0.2) is 52.1 Å². The van der Waals surface area contributed by atoms with Crippen LogP contribution in [0.5, 0.6) is 11.5 Å². The molecule has 0 fully saturated rings. The number of methoxy groups -OCH3 is 1. The predicted octanol–water partition coefficient (Wildman–Crippen LogP) is 2.55. The number of aromatic nitrogens is 3. The lowest BCUT2D eigenvalue weighted by molar-refractivity contribution is 0.281. The molecule has 0 aliphatic rings. The zero-order valence-corrected chi connectivity index (χ0v) is 16.9. The van der Waals surface area contributed by atoms with Gasteiger partial charge in [0, 0.05) is 13.6 Å². The number of nitrogens with one attached hydrogen (secondary N) is 2. The second-order valence-corrected chi connectivity index (χ2v) is 6.20. The van der Waals surface area contributed by atoms with Crippen LogP contribution in [0.1, 0.15) is 12.7 Å². The lowest BCUT2D eigenvalue weighted by Gasteiger charge is -2.22. The van der Waals surface area contributed by atoms with E-state index in [0.717, 1.165) is 24.0 Å². The average Bonchev–Trinajstić information content (AvgIpc) is 3.43. The number of guanidine groups is 1. The van der Waals surface area contributed by atoms with Gasteiger partial charge < -0.3 is 24.1 Å². The van der Waals surface area contributed by atoms with Crippen LogP contribution in [-0.4, -0.2) is 59.9 Å². The maximum absolute atomic E-state index is 5.79. The van der Waals surface area contributed by atoms with E-state index in [4.69, 9.17) is 13.9 Å². The van der Waals surface area contributed by atoms with E-state index < -0.39 is 0 Å². The number of likely N-dealkylation sites (N-methyl/N-ethyl adjacent to an activating group) is 1. The number of H-pyrrole nitrogens is 1. The largest absolute Gasteiger partial charge is 0.497 e. The van der Waals surface area contributed by atoms with Crippen LogP contribution < -0.4 is 14.8 Å². The number of nitrogens with zero attached hydrogens (tertiary/aromatic N) is 4. The van der Waals surface area contributed by atoms with Gasteiger partial charge in [0.2, 0.25) is 5.82 Å². The quantitative estimate of drug-likeness (QED) is 0.422. The van der Waals surface area contributed by atoms with Gasteiger partial charge in [0.05, 0.1) is 19.9 Å². The maximum atomic E-state index is 5.79. The molecule has 2 heterocycles. The van der Waals surface area contributed by atoms with Crippen LogP contribution in [0.25, 0.3) is 11.6 Å². The lowest BCUT2D eigenvalue weighted by Crippen LogP contribution is -2.40. The van der Waals surface area contributed by atoms with Crippen LogP contribution in [0.3, 0.4) is 0 Å². The maximum Gasteiger partial charge on any atom is 0.216 e. The molecular weight excluding hydrogens is 372 g/mol. The summed E-state index contributed by atoms with van der Waals surface area (Å²) in [5.74, 6) is 4.17. The summed E-state index contributed by atoms with van der Waals surface area (Å²) in [5, 5.41) is 10.3. The van der Waals surface area contributed by atoms with Gasteiger partial charge in [0.15, 0.2) is 11.7 Å². The highest BCUT2D eigenvalue weighted by Crippen LogP contribution is 2.17. The van der Waals surface area contributed by atoms with Crippen molar-refractivity contribution >= 4 is 5.96 Å². The van der Waals surface area contributed by atoms with Crippen LogP contribution in [0.2, 0.25) is 0 Å². The number of aromatic amines is 1. The van der Waals surface area contributed by atoms with Crippen LogP contribution in [0, 0.1) is 0 Å². The number of hydrogen-bond acceptors (Lipinski definition) is 6. The van der Waals surface area contributed by atoms with Crippen molar-refractivity contribution in [2.75, 3.05) is 33.9 Å². The summed E-state index contributed by atoms with van der Waals surface area (Å²) in [6, 6.07) is 11.1. The normalized spacial score (nSPS) is 11.3. The Morgan fingerprint density at radius 2 is 2.03 bits per heavy atom. The van der Waals surface area contributed by atoms with E-state index in [9.17, 15) is 0 Å². The Morgan fingerprint density at radius 3 is 2.72 bits per heavy atom. The Morgan fingerprint density at radius 1 is 1.24 bits per heavy atom. The fraction of sp³-hybridized carbons (Fsp3) is 0.350. The van der Waals surface area contributed by atoms with Gasteiger partial charge in [0.25, 0.3) is 0 Å². The molecule has 3 aromatic rings. The minimum Gasteiger partial charge on any atom is -0.497 e. The molecule has 9 nitrogen and oxygen atoms in total. The fourth-order valence-electron chi connectivity index (χ4n) is 2.58. The monoisotopic (exact) mass is 398 g/mol. The molecule has 0 aliphatic heterocycles. The Balaban J connectivity index is 1.53. The highest BCUT2D eigenvalue weighted by atomic mass is 16.5. The molecule has 1 aromatic carbocycles. The Hall–Kier alpha value is -3.49. The van der Waals surface area contributed by atoms with Crippen molar-refractivity contribution in [3.63, 3.8) is 0 Å². The van der Waals surface area contributed by atoms with E-state index in [0.29, 0.717) is 37.1 Å². The molecule has 2 aromatic heterocycles. The molecule has 0 atom stereocenters. The highest BCUT2D eigenvalue weighted by Gasteiger charge is 2.10. The summed E-state index contributed by atoms with van der Waals surface area (Å²) < 4.78 is 16.3. The topological polar surface area (TPSA) is 101 Å². The summed E-state index contributed by atoms with van der Waals surface area (Å²) in [6.07, 6.45) is 1.59. The molecular formula is C20H26N6O3. The van der Waals surface area contributed by atoms with E-state index in [1.165, 1.54) is 0 Å². The number of hydrogen-bond donors (Lipinski definition) is 2. The second-order valence-electron chi connectivity index (χ2n) is 6.20. The van der Waals surface area contributed by atoms with Crippen LogP contribution in [0.4, 0.5) is 0 Å². The summed E-state index contributed by atoms with van der Waals surface area (Å²) >= 11 is 0. The Kier molecular flexibility index (Phi) is 7.10. The average molecular weight is 398 g/mol. The second kappa shape index (κ2) is 10.2. The van der Waals surface area contributed by atoms with E-state index >= 15 is 0 Å².